The first kappa shape index (κ1) is 32.3. The van der Waals surface area contributed by atoms with E-state index in [2.05, 4.69) is 18.8 Å². The number of nitrogens with zero attached hydrogens (tertiary/aromatic N) is 1. The second-order valence-corrected chi connectivity index (χ2v) is 11.4. The number of hydrogen-bond acceptors (Lipinski definition) is 9. The third-order valence-electron chi connectivity index (χ3n) is 6.35. The highest BCUT2D eigenvalue weighted by atomic mass is 31.2. The van der Waals surface area contributed by atoms with Crippen LogP contribution in [0, 0.1) is 6.92 Å². The molecule has 2 unspecified atom stereocenters. The van der Waals surface area contributed by atoms with Gasteiger partial charge in [0.25, 0.3) is 5.56 Å². The second-order valence-electron chi connectivity index (χ2n) is 9.76. The molecule has 12 heteroatoms. The molecular formula is C26H43N2O9P. The zero-order valence-corrected chi connectivity index (χ0v) is 23.8. The molecule has 0 radical (unpaired) electrons. The average molecular weight is 559 g/mol. The number of nitrogens with one attached hydrogen (secondary N) is 1. The van der Waals surface area contributed by atoms with Crippen LogP contribution in [-0.2, 0) is 32.5 Å². The number of carbonyl (C=O) groups is 2. The van der Waals surface area contributed by atoms with E-state index < -0.39 is 44.6 Å². The molecule has 2 heterocycles. The highest BCUT2D eigenvalue weighted by Gasteiger charge is 2.34. The Morgan fingerprint density at radius 2 is 1.53 bits per heavy atom. The Hall–Kier alpha value is -1.91. The number of ketones is 2. The largest absolute Gasteiger partial charge is 0.475 e. The fourth-order valence-corrected chi connectivity index (χ4v) is 5.22. The SMILES string of the molecule is CCCCCCC(=O)COP(=O)(OCC(=O)CCCCCC)OCC1CCC(n2cc(C)c(=O)[nH]c2=O)O1. The third kappa shape index (κ3) is 11.5. The Morgan fingerprint density at radius 3 is 2.08 bits per heavy atom. The summed E-state index contributed by atoms with van der Waals surface area (Å²) in [5.74, 6) is -0.436. The van der Waals surface area contributed by atoms with Crippen molar-refractivity contribution in [2.24, 2.45) is 0 Å². The van der Waals surface area contributed by atoms with Gasteiger partial charge in [0.1, 0.15) is 19.4 Å². The molecule has 11 nitrogen and oxygen atoms in total. The first-order chi connectivity index (χ1) is 18.2. The van der Waals surface area contributed by atoms with Crippen molar-refractivity contribution in [3.63, 3.8) is 0 Å². The number of ether oxygens (including phenoxy) is 1. The Labute approximate surface area is 224 Å². The smallest absolute Gasteiger partial charge is 0.352 e. The van der Waals surface area contributed by atoms with E-state index in [-0.39, 0.29) is 18.2 Å². The second kappa shape index (κ2) is 16.9. The summed E-state index contributed by atoms with van der Waals surface area (Å²) in [7, 11) is -4.22. The van der Waals surface area contributed by atoms with Gasteiger partial charge < -0.3 is 4.74 Å². The lowest BCUT2D eigenvalue weighted by molar-refractivity contribution is -0.122. The Morgan fingerprint density at radius 1 is 0.947 bits per heavy atom. The molecule has 0 amide bonds. The zero-order chi connectivity index (χ0) is 28.0. The number of carbonyl (C=O) groups excluding carboxylic acids is 2. The third-order valence-corrected chi connectivity index (χ3v) is 7.70. The van der Waals surface area contributed by atoms with Gasteiger partial charge in [0.15, 0.2) is 11.6 Å². The molecule has 1 aromatic heterocycles. The first-order valence-electron chi connectivity index (χ1n) is 13.7. The number of H-pyrrole nitrogens is 1. The topological polar surface area (TPSA) is 143 Å². The summed E-state index contributed by atoms with van der Waals surface area (Å²) in [6, 6.07) is 0. The Bertz CT molecular complexity index is 1020. The van der Waals surface area contributed by atoms with E-state index in [1.165, 1.54) is 10.8 Å². The number of phosphoric ester groups is 1. The summed E-state index contributed by atoms with van der Waals surface area (Å²) >= 11 is 0. The molecule has 0 bridgehead atoms. The van der Waals surface area contributed by atoms with Crippen molar-refractivity contribution >= 4 is 19.4 Å². The molecule has 0 spiro atoms. The maximum absolute atomic E-state index is 13.3. The summed E-state index contributed by atoms with van der Waals surface area (Å²) in [4.78, 5) is 50.5. The van der Waals surface area contributed by atoms with Gasteiger partial charge in [-0.05, 0) is 32.6 Å². The van der Waals surface area contributed by atoms with Crippen molar-refractivity contribution in [2.75, 3.05) is 19.8 Å². The quantitative estimate of drug-likeness (QED) is 0.177. The molecular weight excluding hydrogens is 515 g/mol. The van der Waals surface area contributed by atoms with Crippen LogP contribution in [0.3, 0.4) is 0 Å². The fraction of sp³-hybridized carbons (Fsp3) is 0.769. The lowest BCUT2D eigenvalue weighted by Crippen LogP contribution is -2.33. The van der Waals surface area contributed by atoms with E-state index in [1.54, 1.807) is 6.92 Å². The zero-order valence-electron chi connectivity index (χ0n) is 22.9. The molecule has 38 heavy (non-hydrogen) atoms. The molecule has 2 atom stereocenters. The molecule has 1 aromatic rings. The monoisotopic (exact) mass is 558 g/mol. The lowest BCUT2D eigenvalue weighted by Gasteiger charge is -2.20. The molecule has 0 saturated carbocycles. The summed E-state index contributed by atoms with van der Waals surface area (Å²) in [6.07, 6.45) is 9.31. The van der Waals surface area contributed by atoms with Crippen LogP contribution in [0.4, 0.5) is 0 Å². The van der Waals surface area contributed by atoms with Gasteiger partial charge in [-0.1, -0.05) is 52.4 Å². The van der Waals surface area contributed by atoms with E-state index in [0.29, 0.717) is 31.2 Å². The van der Waals surface area contributed by atoms with Crippen LogP contribution in [-0.4, -0.2) is 47.0 Å². The number of phosphoric acid groups is 1. The number of aromatic amines is 1. The number of unbranched alkanes of at least 4 members (excludes halogenated alkanes) is 6. The van der Waals surface area contributed by atoms with Gasteiger partial charge in [-0.25, -0.2) is 9.36 Å². The van der Waals surface area contributed by atoms with E-state index in [9.17, 15) is 23.7 Å². The predicted octanol–water partition coefficient (Wildman–Crippen LogP) is 4.76. The number of rotatable bonds is 20. The number of hydrogen-bond donors (Lipinski definition) is 1. The van der Waals surface area contributed by atoms with Crippen molar-refractivity contribution in [3.05, 3.63) is 32.6 Å². The summed E-state index contributed by atoms with van der Waals surface area (Å²) in [5, 5.41) is 0. The molecule has 1 fully saturated rings. The molecule has 1 aliphatic heterocycles. The van der Waals surface area contributed by atoms with Crippen molar-refractivity contribution in [3.8, 4) is 0 Å². The van der Waals surface area contributed by atoms with Crippen LogP contribution in [0.1, 0.15) is 103 Å². The minimum Gasteiger partial charge on any atom is -0.352 e. The maximum Gasteiger partial charge on any atom is 0.475 e. The Kier molecular flexibility index (Phi) is 14.4. The van der Waals surface area contributed by atoms with Gasteiger partial charge in [0.2, 0.25) is 0 Å². The van der Waals surface area contributed by atoms with Gasteiger partial charge >= 0.3 is 13.5 Å². The minimum atomic E-state index is -4.22. The molecule has 0 aliphatic carbocycles. The molecule has 1 N–H and O–H groups in total. The van der Waals surface area contributed by atoms with Crippen molar-refractivity contribution in [2.45, 2.75) is 110 Å². The fourth-order valence-electron chi connectivity index (χ4n) is 4.04. The minimum absolute atomic E-state index is 0.180. The van der Waals surface area contributed by atoms with Gasteiger partial charge in [0.05, 0.1) is 12.7 Å². The van der Waals surface area contributed by atoms with E-state index in [0.717, 1.165) is 51.4 Å². The van der Waals surface area contributed by atoms with Crippen LogP contribution in [0.15, 0.2) is 15.8 Å². The normalized spacial score (nSPS) is 17.7. The molecule has 1 aliphatic rings. The van der Waals surface area contributed by atoms with Crippen LogP contribution in [0.25, 0.3) is 0 Å². The van der Waals surface area contributed by atoms with Gasteiger partial charge in [-0.3, -0.25) is 37.5 Å². The van der Waals surface area contributed by atoms with Gasteiger partial charge in [0, 0.05) is 24.6 Å². The van der Waals surface area contributed by atoms with Crippen molar-refractivity contribution < 1.29 is 32.5 Å². The summed E-state index contributed by atoms with van der Waals surface area (Å²) < 4.78 is 36.6. The highest BCUT2D eigenvalue weighted by molar-refractivity contribution is 7.48. The van der Waals surface area contributed by atoms with Crippen molar-refractivity contribution in [1.29, 1.82) is 0 Å². The predicted molar refractivity (Wildman–Crippen MR) is 142 cm³/mol. The molecule has 2 rings (SSSR count). The standard InChI is InChI=1S/C26H43N2O9P/c1-4-6-8-10-12-21(29)17-34-38(33,35-18-22(30)13-11-9-7-5-2)36-19-23-14-15-24(37-23)28-16-20(3)25(31)27-26(28)32/h16,23-24H,4-15,17-19H2,1-3H3,(H,27,31,32). The van der Waals surface area contributed by atoms with Gasteiger partial charge in [-0.15, -0.1) is 0 Å². The number of aromatic nitrogens is 2. The van der Waals surface area contributed by atoms with Crippen LogP contribution in [0.2, 0.25) is 0 Å². The molecule has 1 saturated heterocycles. The lowest BCUT2D eigenvalue weighted by atomic mass is 10.1. The number of aryl methyl sites for hydroxylation is 1. The number of Topliss-reactive ketones (excluding diaryl/α,β-unsaturated/α-hetero) is 2. The maximum atomic E-state index is 13.3. The first-order valence-corrected chi connectivity index (χ1v) is 15.2. The molecule has 0 aromatic carbocycles. The van der Waals surface area contributed by atoms with Gasteiger partial charge in [-0.2, -0.15) is 0 Å². The summed E-state index contributed by atoms with van der Waals surface area (Å²) in [5.41, 5.74) is -0.670. The van der Waals surface area contributed by atoms with E-state index in [4.69, 9.17) is 18.3 Å². The van der Waals surface area contributed by atoms with Crippen LogP contribution < -0.4 is 11.2 Å². The summed E-state index contributed by atoms with van der Waals surface area (Å²) in [6.45, 7) is 4.70. The average Bonchev–Trinajstić information content (AvgIpc) is 3.37. The van der Waals surface area contributed by atoms with E-state index >= 15 is 0 Å². The molecule has 216 valence electrons. The van der Waals surface area contributed by atoms with E-state index in [1.807, 2.05) is 0 Å². The Balaban J connectivity index is 1.93. The van der Waals surface area contributed by atoms with Crippen molar-refractivity contribution in [1.82, 2.24) is 9.55 Å². The van der Waals surface area contributed by atoms with Crippen LogP contribution in [0.5, 0.6) is 0 Å². The van der Waals surface area contributed by atoms with Crippen LogP contribution >= 0.6 is 7.82 Å². The highest BCUT2D eigenvalue weighted by Crippen LogP contribution is 2.50.